The standard InChI is InChI=1S/C18H25N5O2/c1-13-6-8-14(9-7-13)15(24)11-19-18(25)20-12-17-22-21-16-5-3-2-4-10-23(16)17/h6-9,15,24H,2-5,10-12H2,1H3,(H2,19,20,25)/t15-/m0/s1. The van der Waals surface area contributed by atoms with E-state index in [1.165, 1.54) is 6.42 Å². The molecule has 0 unspecified atom stereocenters. The number of aryl methyl sites for hydroxylation is 2. The van der Waals surface area contributed by atoms with Crippen molar-refractivity contribution in [3.05, 3.63) is 47.0 Å². The number of hydrogen-bond acceptors (Lipinski definition) is 4. The second kappa shape index (κ2) is 8.11. The van der Waals surface area contributed by atoms with E-state index in [-0.39, 0.29) is 12.6 Å². The molecule has 1 aliphatic rings. The molecule has 3 N–H and O–H groups in total. The molecule has 0 radical (unpaired) electrons. The number of rotatable bonds is 5. The average molecular weight is 343 g/mol. The molecule has 1 aromatic heterocycles. The second-order valence-corrected chi connectivity index (χ2v) is 6.48. The van der Waals surface area contributed by atoms with Gasteiger partial charge in [-0.3, -0.25) is 0 Å². The molecule has 2 heterocycles. The molecule has 0 fully saturated rings. The Morgan fingerprint density at radius 1 is 1.20 bits per heavy atom. The minimum Gasteiger partial charge on any atom is -0.387 e. The number of urea groups is 1. The molecule has 134 valence electrons. The summed E-state index contributed by atoms with van der Waals surface area (Å²) in [6.45, 7) is 3.40. The number of carbonyl (C=O) groups excluding carboxylic acids is 1. The smallest absolute Gasteiger partial charge is 0.315 e. The topological polar surface area (TPSA) is 92.1 Å². The summed E-state index contributed by atoms with van der Waals surface area (Å²) in [7, 11) is 0. The summed E-state index contributed by atoms with van der Waals surface area (Å²) in [4.78, 5) is 12.0. The highest BCUT2D eigenvalue weighted by molar-refractivity contribution is 5.73. The summed E-state index contributed by atoms with van der Waals surface area (Å²) in [5.41, 5.74) is 1.92. The first kappa shape index (κ1) is 17.4. The second-order valence-electron chi connectivity index (χ2n) is 6.48. The SMILES string of the molecule is Cc1ccc([C@@H](O)CNC(=O)NCc2nnc3n2CCCCC3)cc1. The molecular formula is C18H25N5O2. The van der Waals surface area contributed by atoms with E-state index < -0.39 is 6.10 Å². The number of amides is 2. The molecule has 25 heavy (non-hydrogen) atoms. The van der Waals surface area contributed by atoms with Crippen LogP contribution in [0, 0.1) is 6.92 Å². The third kappa shape index (κ3) is 4.57. The third-order valence-electron chi connectivity index (χ3n) is 4.51. The Morgan fingerprint density at radius 2 is 2.00 bits per heavy atom. The first-order valence-electron chi connectivity index (χ1n) is 8.81. The molecule has 7 nitrogen and oxygen atoms in total. The molecule has 0 aliphatic carbocycles. The van der Waals surface area contributed by atoms with Gasteiger partial charge in [0.1, 0.15) is 5.82 Å². The molecule has 1 atom stereocenters. The molecule has 1 aliphatic heterocycles. The number of fused-ring (bicyclic) bond motifs is 1. The van der Waals surface area contributed by atoms with Crippen molar-refractivity contribution >= 4 is 6.03 Å². The van der Waals surface area contributed by atoms with Crippen LogP contribution in [-0.4, -0.2) is 32.4 Å². The van der Waals surface area contributed by atoms with E-state index in [0.717, 1.165) is 48.6 Å². The van der Waals surface area contributed by atoms with Crippen LogP contribution in [0.25, 0.3) is 0 Å². The van der Waals surface area contributed by atoms with Crippen molar-refractivity contribution in [1.82, 2.24) is 25.4 Å². The first-order valence-corrected chi connectivity index (χ1v) is 8.81. The molecule has 7 heteroatoms. The number of nitrogens with one attached hydrogen (secondary N) is 2. The van der Waals surface area contributed by atoms with Crippen molar-refractivity contribution in [2.45, 2.75) is 51.8 Å². The number of hydrogen-bond donors (Lipinski definition) is 3. The Kier molecular flexibility index (Phi) is 5.65. The zero-order valence-electron chi connectivity index (χ0n) is 14.5. The van der Waals surface area contributed by atoms with E-state index >= 15 is 0 Å². The molecule has 0 saturated heterocycles. The first-order chi connectivity index (χ1) is 12.1. The van der Waals surface area contributed by atoms with E-state index in [0.29, 0.717) is 6.54 Å². The van der Waals surface area contributed by atoms with Crippen LogP contribution in [0.4, 0.5) is 4.79 Å². The maximum absolute atomic E-state index is 12.0. The van der Waals surface area contributed by atoms with Gasteiger partial charge in [0.15, 0.2) is 5.82 Å². The van der Waals surface area contributed by atoms with Gasteiger partial charge in [0, 0.05) is 19.5 Å². The van der Waals surface area contributed by atoms with Crippen LogP contribution in [0.1, 0.15) is 48.1 Å². The van der Waals surface area contributed by atoms with E-state index in [9.17, 15) is 9.90 Å². The number of nitrogens with zero attached hydrogens (tertiary/aromatic N) is 3. The molecule has 2 aromatic rings. The number of carbonyl (C=O) groups is 1. The van der Waals surface area contributed by atoms with Crippen molar-refractivity contribution in [1.29, 1.82) is 0 Å². The lowest BCUT2D eigenvalue weighted by atomic mass is 10.1. The Morgan fingerprint density at radius 3 is 2.80 bits per heavy atom. The fourth-order valence-electron chi connectivity index (χ4n) is 2.99. The Hall–Kier alpha value is -2.41. The zero-order chi connectivity index (χ0) is 17.6. The van der Waals surface area contributed by atoms with Gasteiger partial charge in [-0.25, -0.2) is 4.79 Å². The summed E-state index contributed by atoms with van der Waals surface area (Å²) in [5, 5.41) is 24.0. The minimum atomic E-state index is -0.726. The molecule has 0 saturated carbocycles. The van der Waals surface area contributed by atoms with Crippen LogP contribution in [0.3, 0.4) is 0 Å². The van der Waals surface area contributed by atoms with Crippen LogP contribution < -0.4 is 10.6 Å². The highest BCUT2D eigenvalue weighted by Gasteiger charge is 2.15. The van der Waals surface area contributed by atoms with Crippen LogP contribution in [0.2, 0.25) is 0 Å². The zero-order valence-corrected chi connectivity index (χ0v) is 14.5. The molecule has 2 amide bonds. The van der Waals surface area contributed by atoms with Gasteiger partial charge < -0.3 is 20.3 Å². The number of benzene rings is 1. The molecule has 0 bridgehead atoms. The average Bonchev–Trinajstić information content (AvgIpc) is 2.85. The van der Waals surface area contributed by atoms with Crippen molar-refractivity contribution in [2.75, 3.05) is 6.54 Å². The predicted molar refractivity (Wildman–Crippen MR) is 94.0 cm³/mol. The summed E-state index contributed by atoms with van der Waals surface area (Å²) in [5.74, 6) is 1.79. The fraction of sp³-hybridized carbons (Fsp3) is 0.500. The Balaban J connectivity index is 1.47. The Bertz CT molecular complexity index is 711. The summed E-state index contributed by atoms with van der Waals surface area (Å²) < 4.78 is 2.11. The molecule has 3 rings (SSSR count). The van der Waals surface area contributed by atoms with E-state index in [4.69, 9.17) is 0 Å². The predicted octanol–water partition coefficient (Wildman–Crippen LogP) is 1.85. The summed E-state index contributed by atoms with van der Waals surface area (Å²) in [6, 6.07) is 7.29. The fourth-order valence-corrected chi connectivity index (χ4v) is 2.99. The monoisotopic (exact) mass is 343 g/mol. The van der Waals surface area contributed by atoms with Gasteiger partial charge in [0.05, 0.1) is 12.6 Å². The van der Waals surface area contributed by atoms with Crippen molar-refractivity contribution < 1.29 is 9.90 Å². The maximum atomic E-state index is 12.0. The third-order valence-corrected chi connectivity index (χ3v) is 4.51. The quantitative estimate of drug-likeness (QED) is 0.772. The van der Waals surface area contributed by atoms with E-state index in [1.807, 2.05) is 31.2 Å². The van der Waals surface area contributed by atoms with Crippen LogP contribution >= 0.6 is 0 Å². The normalized spacial score (nSPS) is 15.1. The maximum Gasteiger partial charge on any atom is 0.315 e. The van der Waals surface area contributed by atoms with Crippen LogP contribution in [0.15, 0.2) is 24.3 Å². The van der Waals surface area contributed by atoms with E-state index in [1.54, 1.807) is 0 Å². The lowest BCUT2D eigenvalue weighted by Gasteiger charge is -2.13. The highest BCUT2D eigenvalue weighted by Crippen LogP contribution is 2.14. The van der Waals surface area contributed by atoms with Gasteiger partial charge in [0.2, 0.25) is 0 Å². The van der Waals surface area contributed by atoms with Gasteiger partial charge in [0.25, 0.3) is 0 Å². The van der Waals surface area contributed by atoms with Gasteiger partial charge in [-0.1, -0.05) is 36.2 Å². The van der Waals surface area contributed by atoms with Crippen LogP contribution in [-0.2, 0) is 19.5 Å². The number of aliphatic hydroxyl groups is 1. The lowest BCUT2D eigenvalue weighted by molar-refractivity contribution is 0.173. The van der Waals surface area contributed by atoms with Gasteiger partial charge in [-0.05, 0) is 25.3 Å². The number of aliphatic hydroxyl groups excluding tert-OH is 1. The lowest BCUT2D eigenvalue weighted by Crippen LogP contribution is -2.38. The van der Waals surface area contributed by atoms with Crippen molar-refractivity contribution in [3.63, 3.8) is 0 Å². The summed E-state index contributed by atoms with van der Waals surface area (Å²) in [6.07, 6.45) is 3.68. The van der Waals surface area contributed by atoms with Crippen LogP contribution in [0.5, 0.6) is 0 Å². The Labute approximate surface area is 147 Å². The van der Waals surface area contributed by atoms with Crippen molar-refractivity contribution in [2.24, 2.45) is 0 Å². The van der Waals surface area contributed by atoms with Gasteiger partial charge in [-0.2, -0.15) is 0 Å². The summed E-state index contributed by atoms with van der Waals surface area (Å²) >= 11 is 0. The largest absolute Gasteiger partial charge is 0.387 e. The van der Waals surface area contributed by atoms with Gasteiger partial charge in [-0.15, -0.1) is 10.2 Å². The molecule has 0 spiro atoms. The number of aromatic nitrogens is 3. The molecule has 1 aromatic carbocycles. The van der Waals surface area contributed by atoms with Crippen molar-refractivity contribution in [3.8, 4) is 0 Å². The minimum absolute atomic E-state index is 0.160. The highest BCUT2D eigenvalue weighted by atomic mass is 16.3. The van der Waals surface area contributed by atoms with Gasteiger partial charge >= 0.3 is 6.03 Å². The van der Waals surface area contributed by atoms with E-state index in [2.05, 4.69) is 25.4 Å². The molecular weight excluding hydrogens is 318 g/mol.